The fourth-order valence-corrected chi connectivity index (χ4v) is 3.48. The largest absolute Gasteiger partial charge is 0.497 e. The van der Waals surface area contributed by atoms with Crippen LogP contribution < -0.4 is 14.5 Å². The van der Waals surface area contributed by atoms with Gasteiger partial charge in [0.25, 0.3) is 0 Å². The molecule has 0 unspecified atom stereocenters. The van der Waals surface area contributed by atoms with Crippen molar-refractivity contribution in [2.24, 2.45) is 0 Å². The van der Waals surface area contributed by atoms with Crippen LogP contribution in [0.5, 0.6) is 11.5 Å². The Kier molecular flexibility index (Phi) is 6.06. The molecular weight excluding hydrogens is 400 g/mol. The number of aromatic nitrogens is 2. The van der Waals surface area contributed by atoms with Gasteiger partial charge in [-0.15, -0.1) is 0 Å². The van der Waals surface area contributed by atoms with E-state index in [4.69, 9.17) is 14.2 Å². The van der Waals surface area contributed by atoms with Crippen LogP contribution >= 0.6 is 0 Å². The number of aromatic amines is 1. The van der Waals surface area contributed by atoms with Gasteiger partial charge >= 0.3 is 6.09 Å². The Balaban J connectivity index is 1.80. The second-order valence-electron chi connectivity index (χ2n) is 6.90. The van der Waals surface area contributed by atoms with Crippen LogP contribution in [-0.2, 0) is 4.74 Å². The normalized spacial score (nSPS) is 14.3. The molecule has 1 fully saturated rings. The first-order valence-electron chi connectivity index (χ1n) is 9.85. The monoisotopic (exact) mass is 424 g/mol. The summed E-state index contributed by atoms with van der Waals surface area (Å²) >= 11 is 0. The smallest absolute Gasteiger partial charge is 0.429 e. The van der Waals surface area contributed by atoms with Crippen molar-refractivity contribution in [3.05, 3.63) is 48.5 Å². The Labute approximate surface area is 179 Å². The summed E-state index contributed by atoms with van der Waals surface area (Å²) in [6.45, 7) is 1.84. The number of hydrogen-bond donors (Lipinski definition) is 2. The van der Waals surface area contributed by atoms with Crippen LogP contribution in [0.1, 0.15) is 0 Å². The lowest BCUT2D eigenvalue weighted by molar-refractivity contribution is 0.0317. The minimum atomic E-state index is -1.11. The summed E-state index contributed by atoms with van der Waals surface area (Å²) < 4.78 is 15.9. The zero-order valence-electron chi connectivity index (χ0n) is 17.4. The summed E-state index contributed by atoms with van der Waals surface area (Å²) in [6.07, 6.45) is -1.11. The highest BCUT2D eigenvalue weighted by molar-refractivity contribution is 5.86. The molecule has 0 bridgehead atoms. The van der Waals surface area contributed by atoms with Crippen molar-refractivity contribution in [3.8, 4) is 34.0 Å². The molecule has 1 amide bonds. The molecule has 1 aliphatic heterocycles. The Bertz CT molecular complexity index is 962. The number of hydrazine groups is 1. The van der Waals surface area contributed by atoms with Crippen LogP contribution in [0.4, 0.5) is 10.7 Å². The third-order valence-corrected chi connectivity index (χ3v) is 5.09. The van der Waals surface area contributed by atoms with Gasteiger partial charge in [0.15, 0.2) is 0 Å². The van der Waals surface area contributed by atoms with E-state index < -0.39 is 6.09 Å². The Morgan fingerprint density at radius 2 is 1.55 bits per heavy atom. The van der Waals surface area contributed by atoms with Crippen molar-refractivity contribution in [1.29, 1.82) is 0 Å². The number of amides is 1. The van der Waals surface area contributed by atoms with Crippen LogP contribution in [0.25, 0.3) is 22.5 Å². The first-order chi connectivity index (χ1) is 15.1. The predicted octanol–water partition coefficient (Wildman–Crippen LogP) is 3.49. The first-order valence-corrected chi connectivity index (χ1v) is 9.85. The van der Waals surface area contributed by atoms with Gasteiger partial charge in [0.1, 0.15) is 11.5 Å². The number of nitrogens with zero attached hydrogens (tertiary/aromatic N) is 3. The van der Waals surface area contributed by atoms with Crippen molar-refractivity contribution >= 4 is 12.0 Å². The summed E-state index contributed by atoms with van der Waals surface area (Å²) in [5.74, 6) is 1.69. The Hall–Kier alpha value is -3.56. The van der Waals surface area contributed by atoms with Crippen LogP contribution in [0.15, 0.2) is 48.5 Å². The standard InChI is InChI=1S/C22H24N4O5/c1-29-17-7-3-15(4-8-17)19-20(16-5-9-18(30-2)10-6-16)24-21(23-19)26(22(27)28)25-11-13-31-14-12-25/h3-10H,11-14H2,1-2H3,(H,23,24)(H,27,28). The van der Waals surface area contributed by atoms with Gasteiger partial charge in [0.2, 0.25) is 5.95 Å². The van der Waals surface area contributed by atoms with Crippen molar-refractivity contribution in [3.63, 3.8) is 0 Å². The van der Waals surface area contributed by atoms with Crippen molar-refractivity contribution < 1.29 is 24.1 Å². The van der Waals surface area contributed by atoms with E-state index >= 15 is 0 Å². The minimum absolute atomic E-state index is 0.228. The zero-order valence-corrected chi connectivity index (χ0v) is 17.4. The van der Waals surface area contributed by atoms with E-state index in [1.165, 1.54) is 0 Å². The van der Waals surface area contributed by atoms with E-state index in [-0.39, 0.29) is 5.95 Å². The molecule has 31 heavy (non-hydrogen) atoms. The zero-order chi connectivity index (χ0) is 21.8. The number of rotatable bonds is 6. The summed E-state index contributed by atoms with van der Waals surface area (Å²) in [4.78, 5) is 20.0. The third kappa shape index (κ3) is 4.32. The number of imidazole rings is 1. The summed E-state index contributed by atoms with van der Waals surface area (Å²) in [6, 6.07) is 15.0. The maximum absolute atomic E-state index is 12.1. The molecule has 2 N–H and O–H groups in total. The third-order valence-electron chi connectivity index (χ3n) is 5.09. The van der Waals surface area contributed by atoms with Gasteiger partial charge in [-0.2, -0.15) is 5.01 Å². The highest BCUT2D eigenvalue weighted by Gasteiger charge is 2.29. The van der Waals surface area contributed by atoms with E-state index in [0.29, 0.717) is 37.7 Å². The number of anilines is 1. The maximum atomic E-state index is 12.1. The molecule has 2 aromatic carbocycles. The quantitative estimate of drug-likeness (QED) is 0.625. The van der Waals surface area contributed by atoms with E-state index in [0.717, 1.165) is 27.6 Å². The average Bonchev–Trinajstić information content (AvgIpc) is 3.24. The number of morpholine rings is 1. The van der Waals surface area contributed by atoms with Crippen LogP contribution in [0, 0.1) is 0 Å². The number of carboxylic acid groups (broad SMARTS) is 1. The molecule has 0 aliphatic carbocycles. The van der Waals surface area contributed by atoms with Gasteiger partial charge < -0.3 is 24.3 Å². The molecule has 162 valence electrons. The van der Waals surface area contributed by atoms with Crippen LogP contribution in [0.3, 0.4) is 0 Å². The second-order valence-corrected chi connectivity index (χ2v) is 6.90. The van der Waals surface area contributed by atoms with Gasteiger partial charge in [-0.3, -0.25) is 0 Å². The molecule has 0 radical (unpaired) electrons. The van der Waals surface area contributed by atoms with Gasteiger partial charge in [-0.05, 0) is 48.5 Å². The number of ether oxygens (including phenoxy) is 3. The van der Waals surface area contributed by atoms with Gasteiger partial charge in [-0.1, -0.05) is 0 Å². The summed E-state index contributed by atoms with van der Waals surface area (Å²) in [5.41, 5.74) is 3.05. The fourth-order valence-electron chi connectivity index (χ4n) is 3.48. The molecule has 9 heteroatoms. The molecule has 0 saturated carbocycles. The predicted molar refractivity (Wildman–Crippen MR) is 115 cm³/mol. The average molecular weight is 424 g/mol. The number of nitrogens with one attached hydrogen (secondary N) is 1. The van der Waals surface area contributed by atoms with E-state index in [1.54, 1.807) is 19.2 Å². The SMILES string of the molecule is COc1ccc(-c2nc(N(C(=O)O)N3CCOCC3)[nH]c2-c2ccc(OC)cc2)cc1. The maximum Gasteiger partial charge on any atom is 0.429 e. The number of benzene rings is 2. The van der Waals surface area contributed by atoms with Gasteiger partial charge in [-0.25, -0.2) is 14.8 Å². The number of hydrogen-bond acceptors (Lipinski definition) is 6. The lowest BCUT2D eigenvalue weighted by Crippen LogP contribution is -2.51. The second kappa shape index (κ2) is 9.07. The Morgan fingerprint density at radius 1 is 1.00 bits per heavy atom. The lowest BCUT2D eigenvalue weighted by atomic mass is 10.0. The van der Waals surface area contributed by atoms with E-state index in [2.05, 4.69) is 9.97 Å². The van der Waals surface area contributed by atoms with Crippen LogP contribution in [0.2, 0.25) is 0 Å². The summed E-state index contributed by atoms with van der Waals surface area (Å²) in [5, 5.41) is 12.8. The molecule has 0 spiro atoms. The number of methoxy groups -OCH3 is 2. The van der Waals surface area contributed by atoms with Crippen molar-refractivity contribution in [1.82, 2.24) is 15.0 Å². The molecule has 3 aromatic rings. The topological polar surface area (TPSA) is 100 Å². The molecule has 9 nitrogen and oxygen atoms in total. The molecule has 1 aromatic heterocycles. The highest BCUT2D eigenvalue weighted by atomic mass is 16.5. The van der Waals surface area contributed by atoms with Gasteiger partial charge in [0, 0.05) is 24.2 Å². The molecular formula is C22H24N4O5. The lowest BCUT2D eigenvalue weighted by Gasteiger charge is -2.33. The van der Waals surface area contributed by atoms with Crippen LogP contribution in [-0.4, -0.2) is 66.7 Å². The van der Waals surface area contributed by atoms with E-state index in [1.807, 2.05) is 48.5 Å². The first kappa shape index (κ1) is 20.7. The fraction of sp³-hybridized carbons (Fsp3) is 0.273. The molecule has 1 saturated heterocycles. The molecule has 2 heterocycles. The summed E-state index contributed by atoms with van der Waals surface area (Å²) in [7, 11) is 3.22. The molecule has 4 rings (SSSR count). The van der Waals surface area contributed by atoms with Gasteiger partial charge in [0.05, 0.1) is 38.8 Å². The van der Waals surface area contributed by atoms with E-state index in [9.17, 15) is 9.90 Å². The highest BCUT2D eigenvalue weighted by Crippen LogP contribution is 2.34. The van der Waals surface area contributed by atoms with Crippen molar-refractivity contribution in [2.45, 2.75) is 0 Å². The number of carbonyl (C=O) groups is 1. The minimum Gasteiger partial charge on any atom is -0.497 e. The molecule has 1 aliphatic rings. The number of H-pyrrole nitrogens is 1. The van der Waals surface area contributed by atoms with Crippen molar-refractivity contribution in [2.75, 3.05) is 45.5 Å². The Morgan fingerprint density at radius 3 is 2.06 bits per heavy atom. The molecule has 0 atom stereocenters.